The number of anilines is 1. The lowest BCUT2D eigenvalue weighted by Gasteiger charge is -2.44. The van der Waals surface area contributed by atoms with Crippen molar-refractivity contribution >= 4 is 11.3 Å². The minimum atomic E-state index is 0.0704. The van der Waals surface area contributed by atoms with Crippen molar-refractivity contribution < 1.29 is 4.74 Å². The van der Waals surface area contributed by atoms with Crippen LogP contribution in [0.25, 0.3) is 5.57 Å². The normalized spacial score (nSPS) is 39.4. The quantitative estimate of drug-likeness (QED) is 0.292. The molecule has 0 N–H and O–H groups in total. The number of ether oxygens (including phenoxy) is 1. The number of allylic oxidation sites excluding steroid dienone is 14. The Kier molecular flexibility index (Phi) is 7.70. The van der Waals surface area contributed by atoms with Gasteiger partial charge in [-0.3, -0.25) is 0 Å². The van der Waals surface area contributed by atoms with Crippen molar-refractivity contribution in [3.8, 4) is 0 Å². The van der Waals surface area contributed by atoms with Crippen molar-refractivity contribution in [3.63, 3.8) is 0 Å². The molecule has 0 radical (unpaired) electrons. The second kappa shape index (κ2) is 12.5. The van der Waals surface area contributed by atoms with Gasteiger partial charge < -0.3 is 9.64 Å². The van der Waals surface area contributed by atoms with Gasteiger partial charge >= 0.3 is 0 Å². The first-order valence-corrected chi connectivity index (χ1v) is 21.5. The lowest BCUT2D eigenvalue weighted by atomic mass is 9.60. The largest absolute Gasteiger partial charge is 0.490 e. The van der Waals surface area contributed by atoms with Crippen LogP contribution >= 0.6 is 0 Å². The molecule has 2 nitrogen and oxygen atoms in total. The predicted octanol–water partition coefficient (Wildman–Crippen LogP) is 12.4. The van der Waals surface area contributed by atoms with Gasteiger partial charge in [0.1, 0.15) is 6.10 Å². The number of hydrogen-bond donors (Lipinski definition) is 0. The first-order valence-electron chi connectivity index (χ1n) is 21.5. The van der Waals surface area contributed by atoms with Crippen LogP contribution in [-0.2, 0) is 10.2 Å². The van der Waals surface area contributed by atoms with Gasteiger partial charge in [-0.05, 0) is 165 Å². The monoisotopic (exact) mass is 687 g/mol. The molecule has 268 valence electrons. The molecule has 10 unspecified atom stereocenters. The number of benzene rings is 1. The summed E-state index contributed by atoms with van der Waals surface area (Å²) < 4.78 is 6.83. The summed E-state index contributed by atoms with van der Waals surface area (Å²) in [6.07, 6.45) is 49.2. The van der Waals surface area contributed by atoms with Crippen molar-refractivity contribution in [1.29, 1.82) is 0 Å². The van der Waals surface area contributed by atoms with E-state index in [1.54, 1.807) is 33.4 Å². The summed E-state index contributed by atoms with van der Waals surface area (Å²) in [7, 11) is 0. The van der Waals surface area contributed by atoms with E-state index in [1.807, 2.05) is 0 Å². The van der Waals surface area contributed by atoms with Crippen LogP contribution in [0.5, 0.6) is 0 Å². The van der Waals surface area contributed by atoms with Crippen molar-refractivity contribution in [1.82, 2.24) is 0 Å². The van der Waals surface area contributed by atoms with E-state index in [4.69, 9.17) is 4.74 Å². The highest BCUT2D eigenvalue weighted by molar-refractivity contribution is 5.86. The minimum Gasteiger partial charge on any atom is -0.490 e. The average Bonchev–Trinajstić information content (AvgIpc) is 3.82. The summed E-state index contributed by atoms with van der Waals surface area (Å²) in [5.41, 5.74) is 12.9. The van der Waals surface area contributed by atoms with Crippen LogP contribution in [0.15, 0.2) is 119 Å². The van der Waals surface area contributed by atoms with Gasteiger partial charge in [0, 0.05) is 35.2 Å². The maximum absolute atomic E-state index is 6.83. The molecule has 1 heterocycles. The molecule has 2 saturated carbocycles. The molecule has 0 amide bonds. The van der Waals surface area contributed by atoms with Gasteiger partial charge in [-0.2, -0.15) is 0 Å². The highest BCUT2D eigenvalue weighted by Gasteiger charge is 2.64. The summed E-state index contributed by atoms with van der Waals surface area (Å²) in [5, 5.41) is 0. The summed E-state index contributed by atoms with van der Waals surface area (Å²) in [6, 6.07) is 8.30. The Labute approximate surface area is 312 Å². The zero-order valence-corrected chi connectivity index (χ0v) is 31.3. The van der Waals surface area contributed by atoms with Crippen LogP contribution < -0.4 is 4.90 Å². The number of fused-ring (bicyclic) bond motifs is 11. The first-order chi connectivity index (χ1) is 25.7. The smallest absolute Gasteiger partial charge is 0.125 e. The van der Waals surface area contributed by atoms with Crippen LogP contribution in [0.4, 0.5) is 5.69 Å². The third-order valence-corrected chi connectivity index (χ3v) is 15.7. The molecule has 10 atom stereocenters. The predicted molar refractivity (Wildman–Crippen MR) is 214 cm³/mol. The molecule has 0 bridgehead atoms. The molecule has 0 saturated heterocycles. The SMILES string of the molecule is CC1C=CC2=C(C1)c1ccc(N(C3=CCCC(C4CC=CCC4)=C3)C3CC=CC4OC5=C(CCCC5)C43)cc1C21C2C=CC=CC2C2CCCCC21. The summed E-state index contributed by atoms with van der Waals surface area (Å²) in [5.74, 6) is 5.72. The van der Waals surface area contributed by atoms with Gasteiger partial charge in [0.2, 0.25) is 0 Å². The lowest BCUT2D eigenvalue weighted by molar-refractivity contribution is 0.132. The van der Waals surface area contributed by atoms with Gasteiger partial charge in [-0.1, -0.05) is 92.2 Å². The fourth-order valence-electron chi connectivity index (χ4n) is 13.7. The van der Waals surface area contributed by atoms with Gasteiger partial charge in [0.05, 0.1) is 5.76 Å². The molecular formula is C50H57NO. The Hall–Kier alpha value is -3.52. The molecule has 2 fully saturated rings. The van der Waals surface area contributed by atoms with Crippen LogP contribution in [0.2, 0.25) is 0 Å². The molecular weight excluding hydrogens is 631 g/mol. The van der Waals surface area contributed by atoms with Crippen molar-refractivity contribution in [3.05, 3.63) is 130 Å². The van der Waals surface area contributed by atoms with E-state index in [9.17, 15) is 0 Å². The number of nitrogens with zero attached hydrogens (tertiary/aromatic N) is 1. The van der Waals surface area contributed by atoms with Crippen molar-refractivity contribution in [2.45, 2.75) is 121 Å². The standard InChI is InChI=1S/C50H57NO/c1-32-25-28-44-41(29-32)39-27-26-36(31-45(39)50(44)42-20-8-5-17-37(42)38-18-6-9-21-43(38)50)51(35-16-11-15-34(30-35)33-13-3-2-4-14-33)46-22-12-24-48-49(46)40-19-7-10-23-47(40)52-48/h2-3,5,8,12,16-17,20,24-28,30-33,37-38,42-43,46,48-49H,4,6-7,9-11,13-15,18-19,21-23,29H2,1H3. The summed E-state index contributed by atoms with van der Waals surface area (Å²) in [6.45, 7) is 2.43. The molecule has 52 heavy (non-hydrogen) atoms. The van der Waals surface area contributed by atoms with Gasteiger partial charge in [-0.25, -0.2) is 0 Å². The third kappa shape index (κ3) is 4.67. The second-order valence-electron chi connectivity index (χ2n) is 18.2. The van der Waals surface area contributed by atoms with E-state index in [0.717, 1.165) is 25.2 Å². The highest BCUT2D eigenvalue weighted by Crippen LogP contribution is 2.70. The van der Waals surface area contributed by atoms with Crippen LogP contribution in [-0.4, -0.2) is 12.1 Å². The van der Waals surface area contributed by atoms with E-state index in [1.165, 1.54) is 94.2 Å². The molecule has 10 aliphatic rings. The summed E-state index contributed by atoms with van der Waals surface area (Å²) in [4.78, 5) is 2.87. The summed E-state index contributed by atoms with van der Waals surface area (Å²) >= 11 is 0. The first kappa shape index (κ1) is 32.0. The van der Waals surface area contributed by atoms with Gasteiger partial charge in [-0.15, -0.1) is 0 Å². The Morgan fingerprint density at radius 3 is 2.71 bits per heavy atom. The molecule has 1 aliphatic heterocycles. The Morgan fingerprint density at radius 1 is 0.846 bits per heavy atom. The average molecular weight is 688 g/mol. The zero-order valence-electron chi connectivity index (χ0n) is 31.3. The second-order valence-corrected chi connectivity index (χ2v) is 18.2. The molecule has 1 aromatic carbocycles. The lowest BCUT2D eigenvalue weighted by Crippen LogP contribution is -2.46. The van der Waals surface area contributed by atoms with Crippen LogP contribution in [0.1, 0.15) is 114 Å². The maximum Gasteiger partial charge on any atom is 0.125 e. The van der Waals surface area contributed by atoms with E-state index >= 15 is 0 Å². The topological polar surface area (TPSA) is 12.5 Å². The highest BCUT2D eigenvalue weighted by atomic mass is 16.5. The van der Waals surface area contributed by atoms with E-state index < -0.39 is 0 Å². The molecule has 1 spiro atoms. The van der Waals surface area contributed by atoms with E-state index in [0.29, 0.717) is 41.5 Å². The molecule has 0 aromatic heterocycles. The third-order valence-electron chi connectivity index (χ3n) is 15.7. The molecule has 1 aromatic rings. The molecule has 2 heteroatoms. The Bertz CT molecular complexity index is 1940. The van der Waals surface area contributed by atoms with Gasteiger partial charge in [0.15, 0.2) is 0 Å². The van der Waals surface area contributed by atoms with E-state index in [-0.39, 0.29) is 11.5 Å². The van der Waals surface area contributed by atoms with Gasteiger partial charge in [0.25, 0.3) is 0 Å². The Morgan fingerprint density at radius 2 is 1.77 bits per heavy atom. The zero-order chi connectivity index (χ0) is 34.4. The maximum atomic E-state index is 6.83. The van der Waals surface area contributed by atoms with E-state index in [2.05, 4.69) is 103 Å². The van der Waals surface area contributed by atoms with Crippen LogP contribution in [0, 0.1) is 41.4 Å². The Balaban J connectivity index is 1.09. The van der Waals surface area contributed by atoms with Crippen molar-refractivity contribution in [2.24, 2.45) is 41.4 Å². The van der Waals surface area contributed by atoms with Crippen LogP contribution in [0.3, 0.4) is 0 Å². The molecule has 11 rings (SSSR count). The fraction of sp³-hybridized carbons (Fsp3) is 0.520. The number of rotatable bonds is 4. The van der Waals surface area contributed by atoms with Crippen molar-refractivity contribution in [2.75, 3.05) is 4.90 Å². The number of hydrogen-bond acceptors (Lipinski definition) is 2. The fourth-order valence-corrected chi connectivity index (χ4v) is 13.7. The molecule has 9 aliphatic carbocycles. The minimum absolute atomic E-state index is 0.0704.